The average Bonchev–Trinajstić information content (AvgIpc) is 1.31. The van der Waals surface area contributed by atoms with Crippen LogP contribution in [0, 0.1) is 0 Å². The predicted octanol–water partition coefficient (Wildman–Crippen LogP) is 3.71. The molecule has 52 heteroatoms. The fourth-order valence-corrected chi connectivity index (χ4v) is 14.5. The number of cyclic esters (lactones) is 2. The van der Waals surface area contributed by atoms with Gasteiger partial charge in [0.15, 0.2) is 151 Å². The van der Waals surface area contributed by atoms with Gasteiger partial charge in [0.1, 0.15) is 36.5 Å². The summed E-state index contributed by atoms with van der Waals surface area (Å²) in [6, 6.07) is 3.97. The van der Waals surface area contributed by atoms with Gasteiger partial charge in [0.25, 0.3) is 0 Å². The molecule has 10 aromatic carbocycles. The molecule has 2 saturated heterocycles. The van der Waals surface area contributed by atoms with Crippen LogP contribution in [0.1, 0.15) is 104 Å². The zero-order chi connectivity index (χ0) is 97.5. The van der Waals surface area contributed by atoms with Crippen molar-refractivity contribution in [1.29, 1.82) is 0 Å². The third-order valence-corrected chi connectivity index (χ3v) is 21.0. The summed E-state index contributed by atoms with van der Waals surface area (Å²) >= 11 is 0. The van der Waals surface area contributed by atoms with Crippen LogP contribution in [-0.4, -0.2) is 282 Å². The third kappa shape index (κ3) is 15.0. The van der Waals surface area contributed by atoms with Crippen LogP contribution < -0.4 is 4.74 Å². The zero-order valence-electron chi connectivity index (χ0n) is 65.6. The third-order valence-electron chi connectivity index (χ3n) is 21.0. The Morgan fingerprint density at radius 2 is 0.560 bits per heavy atom. The molecule has 696 valence electrons. The summed E-state index contributed by atoms with van der Waals surface area (Å²) in [7, 11) is 0. The molecule has 10 aromatic rings. The second-order valence-electron chi connectivity index (χ2n) is 29.0. The standard InChI is InChI=1S/C82H56O52/c83-27-1-16(2-28(84)48(27)96)71(112)129-67-65-39(14-122-74(115)20-8-32(88)51(99)57(105)41(20)19-7-25(79(120)128-65)47(95)62(110)46(19)94)125-81(69(67)131-72(113)17-3-29(85)49(97)30(86)4-17)133-73(114)18-5-31(87)50(98)38(6-18)124-64-26(13-37(93)56(104)63(64)111)80(121)134-82-70-68(130-77(118)23-11-35(91)54(102)60(108)44(23)45-24(78(119)132-70)12-36(92)55(103)61(45)109)66-40(126-82)15-123-75(116)21-9-33(89)52(100)58(106)42(21)43-22(76(117)127-66)10-34(90)53(101)59(43)107/h1-13,39-40,65-70,81-111H,14-15H2/t39-,40-,65-,66-,67+,68+,69-,70-,81-,82+/m1/s1. The van der Waals surface area contributed by atoms with Gasteiger partial charge in [-0.1, -0.05) is 0 Å². The summed E-state index contributed by atoms with van der Waals surface area (Å²) in [5.41, 5.74) is -19.8. The van der Waals surface area contributed by atoms with Gasteiger partial charge in [-0.3, -0.25) is 0 Å². The van der Waals surface area contributed by atoms with Crippen molar-refractivity contribution in [2.24, 2.45) is 0 Å². The Bertz CT molecular complexity index is 6820. The Labute approximate surface area is 735 Å². The van der Waals surface area contributed by atoms with Gasteiger partial charge in [0.2, 0.25) is 76.5 Å². The maximum absolute atomic E-state index is 15.4. The number of carbonyl (C=O) groups is 10. The minimum atomic E-state index is -3.09. The predicted molar refractivity (Wildman–Crippen MR) is 414 cm³/mol. The Hall–Kier alpha value is -19.2. The first-order valence-corrected chi connectivity index (χ1v) is 37.1. The van der Waals surface area contributed by atoms with E-state index in [1.807, 2.05) is 0 Å². The number of phenolic OH excluding ortho intramolecular Hbond substituents is 29. The summed E-state index contributed by atoms with van der Waals surface area (Å²) < 4.78 is 74.4. The summed E-state index contributed by atoms with van der Waals surface area (Å²) in [6.45, 7) is -3.14. The molecule has 0 radical (unpaired) electrons. The highest BCUT2D eigenvalue weighted by Crippen LogP contribution is 2.59. The first-order chi connectivity index (χ1) is 63.1. The van der Waals surface area contributed by atoms with Crippen molar-refractivity contribution in [3.63, 3.8) is 0 Å². The highest BCUT2D eigenvalue weighted by molar-refractivity contribution is 6.11. The number of rotatable bonds is 10. The van der Waals surface area contributed by atoms with Crippen LogP contribution in [0.5, 0.6) is 178 Å². The van der Waals surface area contributed by atoms with E-state index in [9.17, 15) is 172 Å². The van der Waals surface area contributed by atoms with E-state index in [0.717, 1.165) is 0 Å². The van der Waals surface area contributed by atoms with Gasteiger partial charge in [-0.05, 0) is 72.8 Å². The highest BCUT2D eigenvalue weighted by atomic mass is 16.8. The Kier molecular flexibility index (Phi) is 22.0. The van der Waals surface area contributed by atoms with Crippen molar-refractivity contribution in [1.82, 2.24) is 0 Å². The van der Waals surface area contributed by atoms with Crippen molar-refractivity contribution in [2.45, 2.75) is 61.4 Å². The molecular weight excluding hydrogens is 1820 g/mol. The molecule has 0 aromatic heterocycles. The number of benzene rings is 10. The first kappa shape index (κ1) is 89.6. The molecule has 134 heavy (non-hydrogen) atoms. The highest BCUT2D eigenvalue weighted by Gasteiger charge is 2.59. The lowest BCUT2D eigenvalue weighted by molar-refractivity contribution is -0.283. The Morgan fingerprint density at radius 3 is 1.01 bits per heavy atom. The number of carbonyl (C=O) groups excluding carboxylic acids is 10. The molecule has 2 fully saturated rings. The van der Waals surface area contributed by atoms with Crippen LogP contribution in [0.3, 0.4) is 0 Å². The second-order valence-corrected chi connectivity index (χ2v) is 29.0. The molecule has 52 nitrogen and oxygen atoms in total. The van der Waals surface area contributed by atoms with E-state index >= 15 is 24.0 Å². The number of ether oxygens (including phenoxy) is 13. The minimum Gasteiger partial charge on any atom is -0.504 e. The van der Waals surface area contributed by atoms with Crippen molar-refractivity contribution in [2.75, 3.05) is 13.2 Å². The molecular formula is C82H56O52. The van der Waals surface area contributed by atoms with Gasteiger partial charge >= 0.3 is 59.7 Å². The molecule has 2 bridgehead atoms. The van der Waals surface area contributed by atoms with Crippen molar-refractivity contribution < 1.29 is 258 Å². The van der Waals surface area contributed by atoms with E-state index in [2.05, 4.69) is 0 Å². The van der Waals surface area contributed by atoms with Crippen LogP contribution in [0.25, 0.3) is 33.4 Å². The van der Waals surface area contributed by atoms with Gasteiger partial charge in [0.05, 0.1) is 44.5 Å². The van der Waals surface area contributed by atoms with Crippen LogP contribution in [-0.2, 0) is 56.8 Å². The van der Waals surface area contributed by atoms with E-state index in [4.69, 9.17) is 61.6 Å². The Morgan fingerprint density at radius 1 is 0.246 bits per heavy atom. The van der Waals surface area contributed by atoms with Crippen LogP contribution >= 0.6 is 0 Å². The fourth-order valence-electron chi connectivity index (χ4n) is 14.5. The number of hydrogen-bond acceptors (Lipinski definition) is 52. The van der Waals surface area contributed by atoms with E-state index < -0.39 is 402 Å². The Balaban J connectivity index is 0.839. The number of fused-ring (bicyclic) bond motifs is 14. The molecule has 0 spiro atoms. The average molecular weight is 1870 g/mol. The van der Waals surface area contributed by atoms with Gasteiger partial charge in [-0.25, -0.2) is 47.9 Å². The quantitative estimate of drug-likeness (QED) is 0.0527. The van der Waals surface area contributed by atoms with E-state index in [1.54, 1.807) is 0 Å². The lowest BCUT2D eigenvalue weighted by atomic mass is 9.91. The zero-order valence-corrected chi connectivity index (χ0v) is 65.6. The van der Waals surface area contributed by atoms with Gasteiger partial charge in [0, 0.05) is 39.4 Å². The molecule has 0 amide bonds. The smallest absolute Gasteiger partial charge is 0.344 e. The molecule has 5 aliphatic rings. The normalized spacial score (nSPS) is 19.6. The molecule has 15 rings (SSSR count). The number of phenols is 29. The largest absolute Gasteiger partial charge is 0.504 e. The first-order valence-electron chi connectivity index (χ1n) is 37.1. The number of aromatic hydroxyl groups is 29. The number of esters is 10. The molecule has 0 saturated carbocycles. The summed E-state index contributed by atoms with van der Waals surface area (Å²) in [6.07, 6.45) is -28.5. The van der Waals surface area contributed by atoms with Crippen molar-refractivity contribution >= 4 is 59.7 Å². The van der Waals surface area contributed by atoms with E-state index in [1.165, 1.54) is 0 Å². The molecule has 0 unspecified atom stereocenters. The molecule has 5 heterocycles. The lowest BCUT2D eigenvalue weighted by Gasteiger charge is -2.44. The fraction of sp³-hybridized carbons (Fsp3) is 0.146. The van der Waals surface area contributed by atoms with E-state index in [0.29, 0.717) is 42.5 Å². The summed E-state index contributed by atoms with van der Waals surface area (Å²) in [4.78, 5) is 149. The summed E-state index contributed by atoms with van der Waals surface area (Å²) in [5, 5.41) is 318. The minimum absolute atomic E-state index is 0.107. The van der Waals surface area contributed by atoms with Crippen LogP contribution in [0.15, 0.2) is 78.9 Å². The second kappa shape index (κ2) is 32.9. The van der Waals surface area contributed by atoms with Crippen molar-refractivity contribution in [3.05, 3.63) is 134 Å². The van der Waals surface area contributed by atoms with Crippen LogP contribution in [0.4, 0.5) is 0 Å². The van der Waals surface area contributed by atoms with Gasteiger partial charge in [-0.2, -0.15) is 0 Å². The molecule has 29 N–H and O–H groups in total. The summed E-state index contributed by atoms with van der Waals surface area (Å²) in [5.74, 6) is -66.9. The lowest BCUT2D eigenvalue weighted by Crippen LogP contribution is -2.63. The van der Waals surface area contributed by atoms with E-state index in [-0.39, 0.29) is 36.4 Å². The SMILES string of the molecule is O=C(O[C@H]1O[C@@H]2COC(=O)c3cc(O)c(O)c(O)c3-c3cc(c(O)c(O)c3O)C(=O)O[C@H]2[C@H](OC(=O)c2cc(O)c(O)c(O)c2)[C@H]1OC(=O)c1cc(O)c(O)c(O)c1)c1cc(O)c(O)c(Oc2c(C(=O)O[C@@H]3O[C@@H]4COC(=O)c5cc(O)c(O)c(O)c5-c5c(cc(O)c(O)c5O)C(=O)O[C@H]4[C@@H]4OC(=O)c5cc(O)c(O)c(O)c5-c5c(cc(O)c(O)c5O)C(=O)O[C@@H]34)cc(O)c(O)c2O)c1. The van der Waals surface area contributed by atoms with Crippen molar-refractivity contribution in [3.8, 4) is 212 Å². The van der Waals surface area contributed by atoms with Crippen LogP contribution in [0.2, 0.25) is 0 Å². The monoisotopic (exact) mass is 1870 g/mol. The topological polar surface area (TPSA) is 877 Å². The molecule has 0 aliphatic carbocycles. The number of hydrogen-bond donors (Lipinski definition) is 29. The van der Waals surface area contributed by atoms with Gasteiger partial charge in [-0.15, -0.1) is 0 Å². The molecule has 10 atom stereocenters. The molecule has 5 aliphatic heterocycles. The maximum Gasteiger partial charge on any atom is 0.344 e. The van der Waals surface area contributed by atoms with Gasteiger partial charge < -0.3 is 210 Å². The maximum atomic E-state index is 15.4.